The molecule has 136 valence electrons. The van der Waals surface area contributed by atoms with Gasteiger partial charge in [0, 0.05) is 11.1 Å². The summed E-state index contributed by atoms with van der Waals surface area (Å²) < 4.78 is 43.8. The molecule has 0 atom stereocenters. The molecule has 0 aliphatic heterocycles. The lowest BCUT2D eigenvalue weighted by molar-refractivity contribution is -0.141. The van der Waals surface area contributed by atoms with Crippen molar-refractivity contribution >= 4 is 38.8 Å². The van der Waals surface area contributed by atoms with Crippen molar-refractivity contribution in [2.24, 2.45) is 0 Å². The van der Waals surface area contributed by atoms with E-state index in [2.05, 4.69) is 10.3 Å². The van der Waals surface area contributed by atoms with Gasteiger partial charge in [-0.15, -0.1) is 11.3 Å². The highest BCUT2D eigenvalue weighted by Crippen LogP contribution is 2.38. The van der Waals surface area contributed by atoms with Gasteiger partial charge in [-0.1, -0.05) is 0 Å². The van der Waals surface area contributed by atoms with Crippen LogP contribution in [0.1, 0.15) is 20.9 Å². The monoisotopic (exact) mass is 381 g/mol. The number of carbonyl (C=O) groups excluding carboxylic acids is 1. The van der Waals surface area contributed by atoms with E-state index in [0.717, 1.165) is 17.4 Å². The van der Waals surface area contributed by atoms with Crippen molar-refractivity contribution in [2.75, 3.05) is 18.2 Å². The lowest BCUT2D eigenvalue weighted by Crippen LogP contribution is -2.11. The van der Waals surface area contributed by atoms with Crippen LogP contribution in [-0.4, -0.2) is 18.0 Å². The first-order valence-corrected chi connectivity index (χ1v) is 8.24. The van der Waals surface area contributed by atoms with Crippen LogP contribution in [0.3, 0.4) is 0 Å². The molecule has 3 rings (SSSR count). The van der Waals surface area contributed by atoms with Crippen LogP contribution in [0.25, 0.3) is 10.2 Å². The van der Waals surface area contributed by atoms with Gasteiger partial charge in [-0.2, -0.15) is 13.2 Å². The third-order valence-corrected chi connectivity index (χ3v) is 4.84. The Morgan fingerprint density at radius 1 is 1.27 bits per heavy atom. The highest BCUT2D eigenvalue weighted by molar-refractivity contribution is 7.21. The lowest BCUT2D eigenvalue weighted by atomic mass is 10.1. The Morgan fingerprint density at radius 2 is 1.92 bits per heavy atom. The first-order chi connectivity index (χ1) is 12.2. The second-order valence-corrected chi connectivity index (χ2v) is 6.53. The number of ether oxygens (including phenoxy) is 1. The third kappa shape index (κ3) is 3.30. The molecule has 5 nitrogen and oxygen atoms in total. The van der Waals surface area contributed by atoms with Crippen LogP contribution >= 0.6 is 11.3 Å². The van der Waals surface area contributed by atoms with Gasteiger partial charge in [-0.3, -0.25) is 4.79 Å². The number of aryl methyl sites for hydroxylation is 1. The minimum atomic E-state index is -4.57. The van der Waals surface area contributed by atoms with Gasteiger partial charge >= 0.3 is 6.18 Å². The van der Waals surface area contributed by atoms with Gasteiger partial charge in [0.1, 0.15) is 21.2 Å². The summed E-state index contributed by atoms with van der Waals surface area (Å²) in [7, 11) is 1.52. The summed E-state index contributed by atoms with van der Waals surface area (Å²) in [6.07, 6.45) is -4.57. The molecule has 0 radical (unpaired) electrons. The first-order valence-electron chi connectivity index (χ1n) is 7.43. The average molecular weight is 381 g/mol. The van der Waals surface area contributed by atoms with Crippen LogP contribution in [-0.2, 0) is 6.18 Å². The van der Waals surface area contributed by atoms with E-state index in [0.29, 0.717) is 22.4 Å². The van der Waals surface area contributed by atoms with E-state index < -0.39 is 17.8 Å². The van der Waals surface area contributed by atoms with Gasteiger partial charge in [0.2, 0.25) is 0 Å². The van der Waals surface area contributed by atoms with Crippen molar-refractivity contribution < 1.29 is 22.7 Å². The Labute approximate surface area is 150 Å². The van der Waals surface area contributed by atoms with E-state index in [1.807, 2.05) is 0 Å². The highest BCUT2D eigenvalue weighted by Gasteiger charge is 2.34. The maximum Gasteiger partial charge on any atom is 0.433 e. The first kappa shape index (κ1) is 18.0. The summed E-state index contributed by atoms with van der Waals surface area (Å²) in [5.74, 6) is 0.118. The van der Waals surface area contributed by atoms with Crippen molar-refractivity contribution in [1.29, 1.82) is 0 Å². The topological polar surface area (TPSA) is 77.2 Å². The quantitative estimate of drug-likeness (QED) is 0.702. The van der Waals surface area contributed by atoms with Crippen molar-refractivity contribution in [2.45, 2.75) is 13.1 Å². The molecule has 0 saturated heterocycles. The fourth-order valence-electron chi connectivity index (χ4n) is 2.49. The molecular weight excluding hydrogens is 367 g/mol. The number of nitrogens with one attached hydrogen (secondary N) is 1. The van der Waals surface area contributed by atoms with E-state index >= 15 is 0 Å². The number of thiophene rings is 1. The summed E-state index contributed by atoms with van der Waals surface area (Å²) in [5.41, 5.74) is 5.95. The molecule has 3 aromatic rings. The van der Waals surface area contributed by atoms with Crippen LogP contribution in [0.5, 0.6) is 5.75 Å². The summed E-state index contributed by atoms with van der Waals surface area (Å²) in [4.78, 5) is 16.3. The summed E-state index contributed by atoms with van der Waals surface area (Å²) in [6, 6.07) is 7.56. The predicted molar refractivity (Wildman–Crippen MR) is 94.7 cm³/mol. The van der Waals surface area contributed by atoms with E-state index in [1.165, 1.54) is 14.0 Å². The van der Waals surface area contributed by atoms with Crippen molar-refractivity contribution in [3.05, 3.63) is 46.5 Å². The molecular formula is C17H14F3N3O2S. The molecule has 0 bridgehead atoms. The number of halogens is 3. The number of benzene rings is 1. The normalized spacial score (nSPS) is 11.6. The molecule has 1 amide bonds. The molecule has 9 heteroatoms. The Kier molecular flexibility index (Phi) is 4.49. The zero-order chi connectivity index (χ0) is 19.1. The lowest BCUT2D eigenvalue weighted by Gasteiger charge is -2.07. The molecule has 3 N–H and O–H groups in total. The highest BCUT2D eigenvalue weighted by atomic mass is 32.1. The Morgan fingerprint density at radius 3 is 2.50 bits per heavy atom. The van der Waals surface area contributed by atoms with E-state index in [1.54, 1.807) is 24.3 Å². The van der Waals surface area contributed by atoms with Gasteiger partial charge in [0.05, 0.1) is 12.8 Å². The Balaban J connectivity index is 1.97. The van der Waals surface area contributed by atoms with Crippen molar-refractivity contribution in [3.63, 3.8) is 0 Å². The second-order valence-electron chi connectivity index (χ2n) is 5.53. The number of fused-ring (bicyclic) bond motifs is 1. The molecule has 0 fully saturated rings. The molecule has 2 heterocycles. The standard InChI is InChI=1S/C17H14F3N3O2S/c1-8-7-11(17(18,19)20)23-16-12(8)13(21)14(26-16)15(24)22-9-3-5-10(25-2)6-4-9/h3-7H,21H2,1-2H3,(H,22,24). The number of alkyl halides is 3. The zero-order valence-electron chi connectivity index (χ0n) is 13.8. The van der Waals surface area contributed by atoms with Crippen LogP contribution in [0.15, 0.2) is 30.3 Å². The predicted octanol–water partition coefficient (Wildman–Crippen LogP) is 4.47. The van der Waals surface area contributed by atoms with E-state index in [9.17, 15) is 18.0 Å². The van der Waals surface area contributed by atoms with E-state index in [-0.39, 0.29) is 15.4 Å². The maximum absolute atomic E-state index is 12.9. The number of carbonyl (C=O) groups is 1. The Bertz CT molecular complexity index is 982. The number of pyridine rings is 1. The van der Waals surface area contributed by atoms with Crippen molar-refractivity contribution in [3.8, 4) is 5.75 Å². The second kappa shape index (κ2) is 6.49. The fourth-order valence-corrected chi connectivity index (χ4v) is 3.55. The number of aromatic nitrogens is 1. The van der Waals surface area contributed by atoms with Gasteiger partial charge in [-0.25, -0.2) is 4.98 Å². The summed E-state index contributed by atoms with van der Waals surface area (Å²) >= 11 is 0.831. The maximum atomic E-state index is 12.9. The average Bonchev–Trinajstić information content (AvgIpc) is 2.92. The smallest absolute Gasteiger partial charge is 0.433 e. The summed E-state index contributed by atoms with van der Waals surface area (Å²) in [6.45, 7) is 1.51. The number of rotatable bonds is 3. The third-order valence-electron chi connectivity index (χ3n) is 3.74. The van der Waals surface area contributed by atoms with Gasteiger partial charge in [0.15, 0.2) is 0 Å². The number of hydrogen-bond donors (Lipinski definition) is 2. The van der Waals surface area contributed by atoms with Gasteiger partial charge in [0.25, 0.3) is 5.91 Å². The molecule has 26 heavy (non-hydrogen) atoms. The molecule has 1 aromatic carbocycles. The molecule has 0 unspecified atom stereocenters. The summed E-state index contributed by atoms with van der Waals surface area (Å²) in [5, 5.41) is 3.03. The number of anilines is 2. The largest absolute Gasteiger partial charge is 0.497 e. The molecule has 2 aromatic heterocycles. The molecule has 0 aliphatic rings. The van der Waals surface area contributed by atoms with E-state index in [4.69, 9.17) is 10.5 Å². The van der Waals surface area contributed by atoms with Crippen LogP contribution in [0, 0.1) is 6.92 Å². The minimum Gasteiger partial charge on any atom is -0.497 e. The zero-order valence-corrected chi connectivity index (χ0v) is 14.6. The number of methoxy groups -OCH3 is 1. The molecule has 0 aliphatic carbocycles. The van der Waals surface area contributed by atoms with Crippen molar-refractivity contribution in [1.82, 2.24) is 4.98 Å². The number of hydrogen-bond acceptors (Lipinski definition) is 5. The fraction of sp³-hybridized carbons (Fsp3) is 0.176. The Hall–Kier alpha value is -2.81. The van der Waals surface area contributed by atoms with Crippen LogP contribution in [0.4, 0.5) is 24.5 Å². The number of nitrogens with two attached hydrogens (primary N) is 1. The molecule has 0 saturated carbocycles. The SMILES string of the molecule is COc1ccc(NC(=O)c2sc3nc(C(F)(F)F)cc(C)c3c2N)cc1. The van der Waals surface area contributed by atoms with Gasteiger partial charge in [-0.05, 0) is 42.8 Å². The van der Waals surface area contributed by atoms with Crippen LogP contribution < -0.4 is 15.8 Å². The minimum absolute atomic E-state index is 0.0784. The number of nitrogens with zero attached hydrogens (tertiary/aromatic N) is 1. The molecule has 0 spiro atoms. The van der Waals surface area contributed by atoms with Gasteiger partial charge < -0.3 is 15.8 Å². The number of amides is 1. The van der Waals surface area contributed by atoms with Crippen LogP contribution in [0.2, 0.25) is 0 Å². The number of nitrogen functional groups attached to an aromatic ring is 1.